The molecule has 0 spiro atoms. The van der Waals surface area contributed by atoms with E-state index in [1.165, 1.54) is 0 Å². The number of fused-ring (bicyclic) bond motifs is 5. The summed E-state index contributed by atoms with van der Waals surface area (Å²) in [6, 6.07) is 13.3. The normalized spacial score (nSPS) is 16.2. The van der Waals surface area contributed by atoms with E-state index in [4.69, 9.17) is 9.47 Å². The van der Waals surface area contributed by atoms with Crippen LogP contribution in [-0.2, 0) is 0 Å². The van der Waals surface area contributed by atoms with Crippen molar-refractivity contribution in [1.82, 2.24) is 15.0 Å². The standard InChI is InChI=1S/C21H14N4O4/c26-20-18-16(10-3-6-14-15(8-10)29-9-28-14)17-11-2-1-7-22-12(11)4-5-13(17)23-19(18)24-21(27)25-20/h1-8,16H,9H2,(H3,23,24,25,26,27). The van der Waals surface area contributed by atoms with Crippen LogP contribution in [-0.4, -0.2) is 21.7 Å². The number of ether oxygens (including phenoxy) is 2. The van der Waals surface area contributed by atoms with Crippen molar-refractivity contribution in [2.45, 2.75) is 5.92 Å². The summed E-state index contributed by atoms with van der Waals surface area (Å²) in [5.41, 5.74) is 2.84. The fourth-order valence-electron chi connectivity index (χ4n) is 4.17. The second-order valence-electron chi connectivity index (χ2n) is 6.96. The third-order valence-corrected chi connectivity index (χ3v) is 5.37. The predicted octanol–water partition coefficient (Wildman–Crippen LogP) is 2.58. The minimum Gasteiger partial charge on any atom is -0.454 e. The van der Waals surface area contributed by atoms with E-state index in [1.807, 2.05) is 42.5 Å². The second-order valence-corrected chi connectivity index (χ2v) is 6.96. The van der Waals surface area contributed by atoms with Crippen molar-refractivity contribution < 1.29 is 9.47 Å². The number of hydrogen-bond donors (Lipinski definition) is 3. The molecule has 2 aromatic heterocycles. The van der Waals surface area contributed by atoms with Crippen LogP contribution in [0.2, 0.25) is 0 Å². The molecular formula is C21H14N4O4. The average molecular weight is 386 g/mol. The first-order valence-electron chi connectivity index (χ1n) is 9.10. The molecule has 29 heavy (non-hydrogen) atoms. The summed E-state index contributed by atoms with van der Waals surface area (Å²) in [5, 5.41) is 4.13. The van der Waals surface area contributed by atoms with Crippen LogP contribution < -0.4 is 26.0 Å². The molecule has 8 heteroatoms. The van der Waals surface area contributed by atoms with Gasteiger partial charge in [0.1, 0.15) is 5.82 Å². The van der Waals surface area contributed by atoms with Crippen molar-refractivity contribution in [3.63, 3.8) is 0 Å². The van der Waals surface area contributed by atoms with Crippen LogP contribution in [0.1, 0.15) is 22.6 Å². The van der Waals surface area contributed by atoms with E-state index < -0.39 is 17.2 Å². The van der Waals surface area contributed by atoms with Gasteiger partial charge in [-0.15, -0.1) is 0 Å². The Labute approximate surface area is 163 Å². The van der Waals surface area contributed by atoms with Crippen molar-refractivity contribution in [3.05, 3.63) is 86.2 Å². The number of nitrogens with zero attached hydrogens (tertiary/aromatic N) is 1. The highest BCUT2D eigenvalue weighted by molar-refractivity contribution is 5.92. The van der Waals surface area contributed by atoms with Gasteiger partial charge < -0.3 is 14.8 Å². The van der Waals surface area contributed by atoms with Gasteiger partial charge in [0, 0.05) is 23.2 Å². The lowest BCUT2D eigenvalue weighted by Crippen LogP contribution is -2.32. The molecule has 2 aliphatic rings. The molecule has 0 saturated carbocycles. The van der Waals surface area contributed by atoms with Gasteiger partial charge in [0.25, 0.3) is 5.56 Å². The first-order valence-corrected chi connectivity index (χ1v) is 9.10. The molecule has 1 unspecified atom stereocenters. The molecule has 8 nitrogen and oxygen atoms in total. The van der Waals surface area contributed by atoms with E-state index in [0.717, 1.165) is 27.7 Å². The van der Waals surface area contributed by atoms with Crippen molar-refractivity contribution in [3.8, 4) is 11.5 Å². The van der Waals surface area contributed by atoms with Crippen LogP contribution in [0.25, 0.3) is 10.9 Å². The first-order chi connectivity index (χ1) is 14.2. The largest absolute Gasteiger partial charge is 0.454 e. The maximum atomic E-state index is 12.9. The molecule has 3 N–H and O–H groups in total. The summed E-state index contributed by atoms with van der Waals surface area (Å²) in [4.78, 5) is 34.3. The summed E-state index contributed by atoms with van der Waals surface area (Å²) < 4.78 is 11.0. The number of H-pyrrole nitrogens is 2. The van der Waals surface area contributed by atoms with Crippen molar-refractivity contribution in [1.29, 1.82) is 0 Å². The zero-order valence-electron chi connectivity index (χ0n) is 15.0. The molecule has 2 aromatic carbocycles. The van der Waals surface area contributed by atoms with Crippen molar-refractivity contribution in [2.75, 3.05) is 12.1 Å². The molecule has 142 valence electrons. The third kappa shape index (κ3) is 2.29. The molecule has 0 radical (unpaired) electrons. The average Bonchev–Trinajstić information content (AvgIpc) is 3.19. The van der Waals surface area contributed by atoms with Gasteiger partial charge in [-0.25, -0.2) is 4.79 Å². The lowest BCUT2D eigenvalue weighted by molar-refractivity contribution is 0.174. The highest BCUT2D eigenvalue weighted by Gasteiger charge is 2.33. The third-order valence-electron chi connectivity index (χ3n) is 5.37. The van der Waals surface area contributed by atoms with E-state index in [2.05, 4.69) is 20.3 Å². The van der Waals surface area contributed by atoms with Gasteiger partial charge in [0.2, 0.25) is 6.79 Å². The molecule has 0 bridgehead atoms. The summed E-state index contributed by atoms with van der Waals surface area (Å²) in [5.74, 6) is 1.25. The van der Waals surface area contributed by atoms with Crippen LogP contribution in [0.4, 0.5) is 11.5 Å². The summed E-state index contributed by atoms with van der Waals surface area (Å²) in [6.07, 6.45) is 1.73. The number of pyridine rings is 1. The topological polar surface area (TPSA) is 109 Å². The quantitative estimate of drug-likeness (QED) is 0.409. The van der Waals surface area contributed by atoms with Crippen LogP contribution in [0, 0.1) is 0 Å². The summed E-state index contributed by atoms with van der Waals surface area (Å²) in [7, 11) is 0. The monoisotopic (exact) mass is 386 g/mol. The zero-order chi connectivity index (χ0) is 19.5. The van der Waals surface area contributed by atoms with E-state index in [-0.39, 0.29) is 6.79 Å². The highest BCUT2D eigenvalue weighted by atomic mass is 16.7. The van der Waals surface area contributed by atoms with Crippen LogP contribution in [0.15, 0.2) is 58.3 Å². The van der Waals surface area contributed by atoms with Crippen molar-refractivity contribution in [2.24, 2.45) is 0 Å². The molecule has 0 aliphatic carbocycles. The number of aromatic nitrogens is 3. The Bertz CT molecular complexity index is 1420. The van der Waals surface area contributed by atoms with E-state index in [0.29, 0.717) is 22.9 Å². The molecule has 6 rings (SSSR count). The van der Waals surface area contributed by atoms with Crippen LogP contribution in [0.3, 0.4) is 0 Å². The van der Waals surface area contributed by atoms with Gasteiger partial charge in [-0.3, -0.25) is 19.7 Å². The Morgan fingerprint density at radius 1 is 0.966 bits per heavy atom. The number of aromatic amines is 2. The van der Waals surface area contributed by atoms with Gasteiger partial charge in [-0.1, -0.05) is 12.1 Å². The number of rotatable bonds is 1. The SMILES string of the molecule is O=c1[nH]c2c(c(=O)[nH]1)C(c1ccc3c(c1)OCO3)c1c(ccc3ncccc13)N2. The fraction of sp³-hybridized carbons (Fsp3) is 0.0952. The number of hydrogen-bond acceptors (Lipinski definition) is 6. The Balaban J connectivity index is 1.71. The van der Waals surface area contributed by atoms with Crippen molar-refractivity contribution >= 4 is 22.4 Å². The molecule has 4 heterocycles. The minimum absolute atomic E-state index is 0.166. The first kappa shape index (κ1) is 15.9. The molecule has 4 aromatic rings. The molecule has 0 amide bonds. The molecular weight excluding hydrogens is 372 g/mol. The Morgan fingerprint density at radius 2 is 1.86 bits per heavy atom. The molecule has 0 fully saturated rings. The van der Waals surface area contributed by atoms with Crippen LogP contribution in [0.5, 0.6) is 11.5 Å². The Hall–Kier alpha value is -4.07. The van der Waals surface area contributed by atoms with E-state index >= 15 is 0 Å². The zero-order valence-corrected chi connectivity index (χ0v) is 15.0. The lowest BCUT2D eigenvalue weighted by Gasteiger charge is -2.29. The number of nitrogens with one attached hydrogen (secondary N) is 3. The minimum atomic E-state index is -0.559. The maximum absolute atomic E-state index is 12.9. The Kier molecular flexibility index (Phi) is 3.14. The Morgan fingerprint density at radius 3 is 2.79 bits per heavy atom. The fourth-order valence-corrected chi connectivity index (χ4v) is 4.17. The van der Waals surface area contributed by atoms with Gasteiger partial charge in [-0.05, 0) is 41.5 Å². The molecule has 1 atom stereocenters. The van der Waals surface area contributed by atoms with Crippen LogP contribution >= 0.6 is 0 Å². The maximum Gasteiger partial charge on any atom is 0.327 e. The number of benzene rings is 2. The smallest absolute Gasteiger partial charge is 0.327 e. The lowest BCUT2D eigenvalue weighted by atomic mass is 9.80. The van der Waals surface area contributed by atoms with Gasteiger partial charge >= 0.3 is 5.69 Å². The molecule has 2 aliphatic heterocycles. The summed E-state index contributed by atoms with van der Waals surface area (Å²) >= 11 is 0. The second kappa shape index (κ2) is 5.71. The summed E-state index contributed by atoms with van der Waals surface area (Å²) in [6.45, 7) is 0.166. The highest BCUT2D eigenvalue weighted by Crippen LogP contribution is 2.47. The number of anilines is 2. The van der Waals surface area contributed by atoms with Gasteiger partial charge in [-0.2, -0.15) is 0 Å². The van der Waals surface area contributed by atoms with E-state index in [9.17, 15) is 9.59 Å². The van der Waals surface area contributed by atoms with Gasteiger partial charge in [0.05, 0.1) is 11.1 Å². The molecule has 0 saturated heterocycles. The van der Waals surface area contributed by atoms with E-state index in [1.54, 1.807) is 6.20 Å². The van der Waals surface area contributed by atoms with Gasteiger partial charge in [0.15, 0.2) is 11.5 Å². The predicted molar refractivity (Wildman–Crippen MR) is 106 cm³/mol.